The van der Waals surface area contributed by atoms with Gasteiger partial charge in [0, 0.05) is 0 Å². The monoisotopic (exact) mass is 254 g/mol. The standard InChI is InChI=1S/C9H9F3O3S/c1-6-3-4-8(5-7(6)2)15-16(13,14)9(10,11)12/h3-5H,1-2H3. The number of aryl methyl sites for hydroxylation is 2. The zero-order chi connectivity index (χ0) is 12.6. The van der Waals surface area contributed by atoms with Crippen LogP contribution in [0.15, 0.2) is 18.2 Å². The molecule has 0 aromatic heterocycles. The van der Waals surface area contributed by atoms with E-state index in [-0.39, 0.29) is 5.75 Å². The summed E-state index contributed by atoms with van der Waals surface area (Å²) in [5.41, 5.74) is -3.93. The molecule has 0 N–H and O–H groups in total. The fourth-order valence-corrected chi connectivity index (χ4v) is 1.39. The third-order valence-corrected chi connectivity index (χ3v) is 2.95. The molecule has 0 aliphatic rings. The molecule has 0 saturated heterocycles. The molecule has 0 spiro atoms. The van der Waals surface area contributed by atoms with Crippen molar-refractivity contribution < 1.29 is 25.8 Å². The van der Waals surface area contributed by atoms with Crippen molar-refractivity contribution in [3.63, 3.8) is 0 Å². The molecule has 0 aliphatic carbocycles. The molecule has 0 unspecified atom stereocenters. The van der Waals surface area contributed by atoms with E-state index in [4.69, 9.17) is 0 Å². The Labute approximate surface area is 91.0 Å². The van der Waals surface area contributed by atoms with Gasteiger partial charge >= 0.3 is 15.6 Å². The van der Waals surface area contributed by atoms with Gasteiger partial charge in [0.25, 0.3) is 0 Å². The Bertz CT molecular complexity index is 491. The van der Waals surface area contributed by atoms with Crippen LogP contribution < -0.4 is 4.18 Å². The van der Waals surface area contributed by atoms with Crippen LogP contribution in [0, 0.1) is 13.8 Å². The normalized spacial score (nSPS) is 12.6. The van der Waals surface area contributed by atoms with E-state index in [9.17, 15) is 21.6 Å². The second-order valence-electron chi connectivity index (χ2n) is 3.23. The fraction of sp³-hybridized carbons (Fsp3) is 0.333. The van der Waals surface area contributed by atoms with Gasteiger partial charge in [-0.25, -0.2) is 0 Å². The first-order valence-electron chi connectivity index (χ1n) is 4.21. The van der Waals surface area contributed by atoms with Crippen molar-refractivity contribution in [1.29, 1.82) is 0 Å². The van der Waals surface area contributed by atoms with E-state index in [1.807, 2.05) is 0 Å². The summed E-state index contributed by atoms with van der Waals surface area (Å²) in [5.74, 6) is -0.347. The lowest BCUT2D eigenvalue weighted by Crippen LogP contribution is -2.28. The summed E-state index contributed by atoms with van der Waals surface area (Å²) in [6.45, 7) is 3.39. The lowest BCUT2D eigenvalue weighted by Gasteiger charge is -2.10. The number of hydrogen-bond donors (Lipinski definition) is 0. The van der Waals surface area contributed by atoms with Gasteiger partial charge in [-0.1, -0.05) is 6.07 Å². The second-order valence-corrected chi connectivity index (χ2v) is 4.77. The molecule has 1 aromatic rings. The van der Waals surface area contributed by atoms with E-state index in [1.165, 1.54) is 18.2 Å². The van der Waals surface area contributed by atoms with Crippen LogP contribution in [-0.2, 0) is 10.1 Å². The zero-order valence-corrected chi connectivity index (χ0v) is 9.32. The quantitative estimate of drug-likeness (QED) is 0.601. The molecule has 0 heterocycles. The first-order valence-corrected chi connectivity index (χ1v) is 5.62. The number of halogens is 3. The maximum Gasteiger partial charge on any atom is 0.534 e. The smallest absolute Gasteiger partial charge is 0.376 e. The Hall–Kier alpha value is -1.24. The summed E-state index contributed by atoms with van der Waals surface area (Å²) in [6.07, 6.45) is 0. The summed E-state index contributed by atoms with van der Waals surface area (Å²) in [6, 6.07) is 3.89. The first-order chi connectivity index (χ1) is 7.13. The Morgan fingerprint density at radius 3 is 2.12 bits per heavy atom. The minimum atomic E-state index is -5.58. The zero-order valence-electron chi connectivity index (χ0n) is 8.50. The van der Waals surface area contributed by atoms with Gasteiger partial charge in [0.1, 0.15) is 5.75 Å². The van der Waals surface area contributed by atoms with Gasteiger partial charge in [-0.05, 0) is 37.1 Å². The molecule has 0 aliphatic heterocycles. The van der Waals surface area contributed by atoms with Gasteiger partial charge in [0.05, 0.1) is 0 Å². The second kappa shape index (κ2) is 3.97. The van der Waals surface area contributed by atoms with Crippen LogP contribution in [-0.4, -0.2) is 13.9 Å². The number of hydrogen-bond acceptors (Lipinski definition) is 3. The van der Waals surface area contributed by atoms with Crippen molar-refractivity contribution in [2.75, 3.05) is 0 Å². The Kier molecular flexibility index (Phi) is 3.18. The van der Waals surface area contributed by atoms with Crippen molar-refractivity contribution in [3.05, 3.63) is 29.3 Å². The van der Waals surface area contributed by atoms with Gasteiger partial charge in [-0.15, -0.1) is 0 Å². The highest BCUT2D eigenvalue weighted by atomic mass is 32.2. The van der Waals surface area contributed by atoms with Gasteiger partial charge < -0.3 is 4.18 Å². The number of alkyl halides is 3. The molecule has 0 saturated carbocycles. The molecule has 3 nitrogen and oxygen atoms in total. The third kappa shape index (κ3) is 2.66. The molecular formula is C9H9F3O3S. The van der Waals surface area contributed by atoms with Crippen LogP contribution in [0.25, 0.3) is 0 Å². The van der Waals surface area contributed by atoms with Crippen LogP contribution in [0.2, 0.25) is 0 Å². The van der Waals surface area contributed by atoms with Gasteiger partial charge in [-0.3, -0.25) is 0 Å². The average Bonchev–Trinajstić information content (AvgIpc) is 2.09. The predicted molar refractivity (Wildman–Crippen MR) is 51.5 cm³/mol. The first kappa shape index (κ1) is 12.8. The lowest BCUT2D eigenvalue weighted by molar-refractivity contribution is -0.0500. The minimum absolute atomic E-state index is 0.347. The van der Waals surface area contributed by atoms with E-state index in [0.29, 0.717) is 5.56 Å². The molecular weight excluding hydrogens is 245 g/mol. The molecule has 1 aromatic carbocycles. The van der Waals surface area contributed by atoms with E-state index < -0.39 is 15.6 Å². The molecule has 0 bridgehead atoms. The number of rotatable bonds is 2. The van der Waals surface area contributed by atoms with Crippen molar-refractivity contribution in [1.82, 2.24) is 0 Å². The Balaban J connectivity index is 3.03. The molecule has 90 valence electrons. The summed E-state index contributed by atoms with van der Waals surface area (Å²) in [7, 11) is -5.58. The van der Waals surface area contributed by atoms with Crippen LogP contribution in [0.5, 0.6) is 5.75 Å². The molecule has 0 atom stereocenters. The highest BCUT2D eigenvalue weighted by Gasteiger charge is 2.48. The summed E-state index contributed by atoms with van der Waals surface area (Å²) < 4.78 is 61.2. The largest absolute Gasteiger partial charge is 0.534 e. The van der Waals surface area contributed by atoms with Crippen molar-refractivity contribution in [3.8, 4) is 5.75 Å². The summed E-state index contributed by atoms with van der Waals surface area (Å²) in [5, 5.41) is 0. The van der Waals surface area contributed by atoms with Crippen LogP contribution in [0.3, 0.4) is 0 Å². The summed E-state index contributed by atoms with van der Waals surface area (Å²) >= 11 is 0. The van der Waals surface area contributed by atoms with Crippen LogP contribution in [0.4, 0.5) is 13.2 Å². The molecule has 0 fully saturated rings. The highest BCUT2D eigenvalue weighted by molar-refractivity contribution is 7.87. The predicted octanol–water partition coefficient (Wildman–Crippen LogP) is 2.53. The van der Waals surface area contributed by atoms with Crippen molar-refractivity contribution in [2.24, 2.45) is 0 Å². The molecule has 0 amide bonds. The lowest BCUT2D eigenvalue weighted by atomic mass is 10.1. The fourth-order valence-electron chi connectivity index (χ4n) is 0.940. The van der Waals surface area contributed by atoms with Crippen molar-refractivity contribution in [2.45, 2.75) is 19.4 Å². The van der Waals surface area contributed by atoms with Crippen molar-refractivity contribution >= 4 is 10.1 Å². The SMILES string of the molecule is Cc1ccc(OS(=O)(=O)C(F)(F)F)cc1C. The van der Waals surface area contributed by atoms with E-state index in [1.54, 1.807) is 13.8 Å². The topological polar surface area (TPSA) is 43.4 Å². The van der Waals surface area contributed by atoms with Gasteiger partial charge in [0.2, 0.25) is 0 Å². The van der Waals surface area contributed by atoms with Gasteiger partial charge in [0.15, 0.2) is 0 Å². The Morgan fingerprint density at radius 1 is 1.12 bits per heavy atom. The van der Waals surface area contributed by atoms with E-state index in [2.05, 4.69) is 4.18 Å². The maximum atomic E-state index is 12.0. The third-order valence-electron chi connectivity index (χ3n) is 1.97. The van der Waals surface area contributed by atoms with E-state index in [0.717, 1.165) is 5.56 Å². The minimum Gasteiger partial charge on any atom is -0.376 e. The maximum absolute atomic E-state index is 12.0. The molecule has 7 heteroatoms. The molecule has 1 rings (SSSR count). The van der Waals surface area contributed by atoms with Gasteiger partial charge in [-0.2, -0.15) is 21.6 Å². The average molecular weight is 254 g/mol. The summed E-state index contributed by atoms with van der Waals surface area (Å²) in [4.78, 5) is 0. The molecule has 0 radical (unpaired) electrons. The van der Waals surface area contributed by atoms with Crippen LogP contribution in [0.1, 0.15) is 11.1 Å². The highest BCUT2D eigenvalue weighted by Crippen LogP contribution is 2.27. The van der Waals surface area contributed by atoms with E-state index >= 15 is 0 Å². The van der Waals surface area contributed by atoms with Crippen LogP contribution >= 0.6 is 0 Å². The number of benzene rings is 1. The molecule has 16 heavy (non-hydrogen) atoms. The Morgan fingerprint density at radius 2 is 1.69 bits per heavy atom.